The van der Waals surface area contributed by atoms with E-state index in [0.29, 0.717) is 48.2 Å². The van der Waals surface area contributed by atoms with E-state index in [1.165, 1.54) is 12.0 Å². The highest BCUT2D eigenvalue weighted by Gasteiger charge is 2.67. The maximum absolute atomic E-state index is 14.8. The normalized spacial score (nSPS) is 30.9. The summed E-state index contributed by atoms with van der Waals surface area (Å²) in [5.74, 6) is -4.41. The third-order valence-electron chi connectivity index (χ3n) is 12.5. The molecular formula is C40H54F2N6O9S. The van der Waals surface area contributed by atoms with Gasteiger partial charge in [-0.25, -0.2) is 32.0 Å². The molecule has 7 rings (SSSR count). The summed E-state index contributed by atoms with van der Waals surface area (Å²) in [5, 5.41) is 4.44. The fourth-order valence-corrected chi connectivity index (χ4v) is 10.2. The van der Waals surface area contributed by atoms with Crippen molar-refractivity contribution in [3.8, 4) is 11.6 Å². The number of sulfonamides is 1. The van der Waals surface area contributed by atoms with E-state index < -0.39 is 92.9 Å². The van der Waals surface area contributed by atoms with Gasteiger partial charge in [0.05, 0.1) is 35.9 Å². The molecular weight excluding hydrogens is 779 g/mol. The summed E-state index contributed by atoms with van der Waals surface area (Å²) in [6.07, 6.45) is 1.59. The summed E-state index contributed by atoms with van der Waals surface area (Å²) in [6, 6.07) is 2.70. The molecule has 2 bridgehead atoms. The van der Waals surface area contributed by atoms with E-state index in [9.17, 15) is 36.4 Å². The van der Waals surface area contributed by atoms with E-state index in [4.69, 9.17) is 24.2 Å². The molecule has 2 aromatic rings. The lowest BCUT2D eigenvalue weighted by molar-refractivity contribution is -0.143. The maximum atomic E-state index is 14.8. The molecule has 4 amide bonds. The fraction of sp³-hybridized carbons (Fsp3) is 0.700. The summed E-state index contributed by atoms with van der Waals surface area (Å²) in [7, 11) is -2.61. The smallest absolute Gasteiger partial charge is 0.408 e. The Morgan fingerprint density at radius 1 is 1.00 bits per heavy atom. The number of benzene rings is 1. The van der Waals surface area contributed by atoms with Crippen LogP contribution in [0, 0.1) is 23.2 Å². The molecule has 3 heterocycles. The zero-order chi connectivity index (χ0) is 41.7. The number of fused-ring (bicyclic) bond motifs is 5. The van der Waals surface area contributed by atoms with Gasteiger partial charge in [-0.3, -0.25) is 19.1 Å². The van der Waals surface area contributed by atoms with Crippen molar-refractivity contribution in [2.45, 2.75) is 140 Å². The molecule has 4 fully saturated rings. The zero-order valence-electron chi connectivity index (χ0n) is 33.6. The van der Waals surface area contributed by atoms with Crippen LogP contribution in [0.15, 0.2) is 18.2 Å². The fourth-order valence-electron chi connectivity index (χ4n) is 8.79. The summed E-state index contributed by atoms with van der Waals surface area (Å²) in [6.45, 7) is 6.75. The second-order valence-corrected chi connectivity index (χ2v) is 19.7. The van der Waals surface area contributed by atoms with Crippen molar-refractivity contribution in [2.75, 3.05) is 13.7 Å². The first kappa shape index (κ1) is 41.8. The quantitative estimate of drug-likeness (QED) is 0.358. The molecule has 1 aromatic carbocycles. The molecule has 15 nitrogen and oxygen atoms in total. The maximum Gasteiger partial charge on any atom is 0.408 e. The van der Waals surface area contributed by atoms with Crippen LogP contribution in [0.2, 0.25) is 0 Å². The number of carbonyl (C=O) groups excluding carboxylic acids is 4. The van der Waals surface area contributed by atoms with Gasteiger partial charge in [0.2, 0.25) is 34.1 Å². The van der Waals surface area contributed by atoms with Crippen molar-refractivity contribution < 1.29 is 50.6 Å². The summed E-state index contributed by atoms with van der Waals surface area (Å²) < 4.78 is 73.9. The highest BCUT2D eigenvalue weighted by atomic mass is 32.2. The zero-order valence-corrected chi connectivity index (χ0v) is 34.4. The molecule has 8 atom stereocenters. The van der Waals surface area contributed by atoms with Crippen molar-refractivity contribution in [2.24, 2.45) is 23.2 Å². The Bertz CT molecular complexity index is 2050. The van der Waals surface area contributed by atoms with Gasteiger partial charge in [-0.2, -0.15) is 0 Å². The molecule has 3 aliphatic carbocycles. The molecule has 58 heavy (non-hydrogen) atoms. The van der Waals surface area contributed by atoms with Gasteiger partial charge in [-0.15, -0.1) is 0 Å². The Labute approximate surface area is 337 Å². The molecule has 5 aliphatic rings. The van der Waals surface area contributed by atoms with Gasteiger partial charge < -0.3 is 29.7 Å². The second kappa shape index (κ2) is 16.0. The Kier molecular flexibility index (Phi) is 11.5. The monoisotopic (exact) mass is 832 g/mol. The van der Waals surface area contributed by atoms with Crippen molar-refractivity contribution in [3.05, 3.63) is 23.9 Å². The average molecular weight is 833 g/mol. The first-order valence-electron chi connectivity index (χ1n) is 20.4. The summed E-state index contributed by atoms with van der Waals surface area (Å²) in [4.78, 5) is 67.4. The number of hydrogen-bond acceptors (Lipinski definition) is 11. The third-order valence-corrected chi connectivity index (χ3v) is 14.3. The predicted molar refractivity (Wildman–Crippen MR) is 206 cm³/mol. The van der Waals surface area contributed by atoms with Gasteiger partial charge >= 0.3 is 6.09 Å². The minimum absolute atomic E-state index is 0.166. The van der Waals surface area contributed by atoms with Crippen molar-refractivity contribution in [1.29, 1.82) is 0 Å². The number of hydrogen-bond donors (Lipinski definition) is 3. The van der Waals surface area contributed by atoms with Gasteiger partial charge in [-0.05, 0) is 81.3 Å². The Hall–Kier alpha value is -4.35. The second-order valence-electron chi connectivity index (χ2n) is 17.7. The van der Waals surface area contributed by atoms with Crippen molar-refractivity contribution in [3.63, 3.8) is 0 Å². The molecule has 0 spiro atoms. The summed E-state index contributed by atoms with van der Waals surface area (Å²) >= 11 is 0. The lowest BCUT2D eigenvalue weighted by Crippen LogP contribution is -2.61. The topological polar surface area (TPSA) is 195 Å². The number of halogens is 2. The van der Waals surface area contributed by atoms with E-state index in [-0.39, 0.29) is 24.4 Å². The average Bonchev–Trinajstić information content (AvgIpc) is 4.07. The minimum Gasteiger partial charge on any atom is -0.497 e. The van der Waals surface area contributed by atoms with Crippen LogP contribution in [0.25, 0.3) is 11.0 Å². The van der Waals surface area contributed by atoms with Crippen LogP contribution < -0.4 is 24.8 Å². The van der Waals surface area contributed by atoms with E-state index in [2.05, 4.69) is 10.6 Å². The minimum atomic E-state index is -4.14. The molecule has 1 aromatic heterocycles. The highest BCUT2D eigenvalue weighted by Crippen LogP contribution is 2.49. The van der Waals surface area contributed by atoms with Gasteiger partial charge in [0, 0.05) is 12.0 Å². The number of nitrogens with one attached hydrogen (secondary N) is 3. The van der Waals surface area contributed by atoms with Crippen LogP contribution in [0.5, 0.6) is 11.6 Å². The van der Waals surface area contributed by atoms with Crippen LogP contribution in [0.1, 0.15) is 97.6 Å². The number of aromatic nitrogens is 2. The van der Waals surface area contributed by atoms with E-state index in [0.717, 1.165) is 38.5 Å². The molecule has 3 saturated carbocycles. The molecule has 0 radical (unpaired) electrons. The van der Waals surface area contributed by atoms with Crippen LogP contribution >= 0.6 is 0 Å². The predicted octanol–water partition coefficient (Wildman–Crippen LogP) is 4.41. The summed E-state index contributed by atoms with van der Waals surface area (Å²) in [5.41, 5.74) is -1.42. The number of methoxy groups -OCH3 is 1. The highest BCUT2D eigenvalue weighted by molar-refractivity contribution is 7.91. The van der Waals surface area contributed by atoms with Crippen LogP contribution in [0.4, 0.5) is 13.6 Å². The molecule has 1 saturated heterocycles. The van der Waals surface area contributed by atoms with Crippen LogP contribution in [-0.2, 0) is 35.6 Å². The number of alkyl halides is 2. The molecule has 318 valence electrons. The first-order chi connectivity index (χ1) is 27.4. The van der Waals surface area contributed by atoms with Gasteiger partial charge in [-0.1, -0.05) is 40.5 Å². The number of ether oxygens (including phenoxy) is 3. The largest absolute Gasteiger partial charge is 0.497 e. The van der Waals surface area contributed by atoms with Gasteiger partial charge in [0.25, 0.3) is 5.91 Å². The Morgan fingerprint density at radius 2 is 1.74 bits per heavy atom. The number of nitrogens with zero attached hydrogens (tertiary/aromatic N) is 3. The van der Waals surface area contributed by atoms with E-state index in [1.54, 1.807) is 45.9 Å². The first-order valence-corrected chi connectivity index (χ1v) is 21.9. The standard InChI is InChI=1S/C40H54F2N6O9S/c1-21-30-20-48(31(21)34(49)46-40(19-25(40)33(41)42)37(51)47-58(53,54)24-15-16-24)36(50)32(39(2,3)4)45-38(52)57-29-13-9-11-22(29)10-7-6-8-12-27-35(56-30)44-28-18-23(55-5)14-17-26(28)43-27/h14,17-18,21-22,24-25,29-33H,6-13,15-16,19-20H2,1-5H3,(H,45,52)(H,46,49)(H,47,51). The molecule has 3 N–H and O–H groups in total. The third kappa shape index (κ3) is 8.53. The van der Waals surface area contributed by atoms with Crippen molar-refractivity contribution >= 4 is 44.9 Å². The van der Waals surface area contributed by atoms with Crippen LogP contribution in [-0.4, -0.2) is 102 Å². The number of aryl methyl sites for hydroxylation is 1. The molecule has 8 unspecified atom stereocenters. The van der Waals surface area contributed by atoms with E-state index in [1.807, 2.05) is 4.72 Å². The van der Waals surface area contributed by atoms with E-state index >= 15 is 0 Å². The SMILES string of the molecule is COc1ccc2nc3c(nc2c1)OC1CN(C(=O)C(C(C)(C)C)NC(=O)OC2CCCC2CCCCC3)C(C(=O)NC2(C(=O)NS(=O)(=O)C3CC3)CC2C(F)F)C1C. The lowest BCUT2D eigenvalue weighted by Gasteiger charge is -2.36. The molecule has 18 heteroatoms. The number of alkyl carbamates (subject to hydrolysis) is 1. The lowest BCUT2D eigenvalue weighted by atomic mass is 9.85. The Morgan fingerprint density at radius 3 is 2.41 bits per heavy atom. The molecule has 2 aliphatic heterocycles. The van der Waals surface area contributed by atoms with Gasteiger partial charge in [0.1, 0.15) is 41.3 Å². The van der Waals surface area contributed by atoms with Gasteiger partial charge in [0.15, 0.2) is 0 Å². The number of amides is 4. The number of carbonyl (C=O) groups is 4. The Balaban J connectivity index is 1.26. The van der Waals surface area contributed by atoms with Crippen molar-refractivity contribution in [1.82, 2.24) is 30.2 Å². The number of rotatable bonds is 7. The van der Waals surface area contributed by atoms with Crippen LogP contribution in [0.3, 0.4) is 0 Å².